The molecule has 1 aliphatic heterocycles. The maximum absolute atomic E-state index is 12.5. The highest BCUT2D eigenvalue weighted by Crippen LogP contribution is 2.30. The Labute approximate surface area is 156 Å². The van der Waals surface area contributed by atoms with Crippen molar-refractivity contribution in [3.8, 4) is 0 Å². The molecule has 4 rings (SSSR count). The van der Waals surface area contributed by atoms with E-state index < -0.39 is 5.63 Å². The van der Waals surface area contributed by atoms with E-state index in [9.17, 15) is 9.59 Å². The van der Waals surface area contributed by atoms with E-state index in [0.29, 0.717) is 23.3 Å². The van der Waals surface area contributed by atoms with Crippen LogP contribution in [0.15, 0.2) is 25.8 Å². The Morgan fingerprint density at radius 1 is 1.11 bits per heavy atom. The topological polar surface area (TPSA) is 81.7 Å². The first-order valence-electron chi connectivity index (χ1n) is 9.28. The fourth-order valence-corrected chi connectivity index (χ4v) is 3.69. The van der Waals surface area contributed by atoms with Gasteiger partial charge in [-0.1, -0.05) is 0 Å². The van der Waals surface area contributed by atoms with E-state index in [2.05, 4.69) is 5.32 Å². The Morgan fingerprint density at radius 2 is 1.85 bits per heavy atom. The first-order valence-corrected chi connectivity index (χ1v) is 9.28. The quantitative estimate of drug-likeness (QED) is 0.714. The Kier molecular flexibility index (Phi) is 4.52. The van der Waals surface area contributed by atoms with Crippen molar-refractivity contribution < 1.29 is 18.4 Å². The van der Waals surface area contributed by atoms with Gasteiger partial charge in [-0.15, -0.1) is 0 Å². The zero-order valence-electron chi connectivity index (χ0n) is 15.8. The van der Waals surface area contributed by atoms with Gasteiger partial charge in [-0.05, 0) is 50.8 Å². The molecule has 2 aromatic heterocycles. The summed E-state index contributed by atoms with van der Waals surface area (Å²) < 4.78 is 16.7. The Morgan fingerprint density at radius 3 is 2.59 bits per heavy atom. The van der Waals surface area contributed by atoms with Crippen LogP contribution in [-0.4, -0.2) is 25.2 Å². The molecule has 6 nitrogen and oxygen atoms in total. The average Bonchev–Trinajstić information content (AvgIpc) is 3.24. The number of carbonyl (C=O) groups excluding carboxylic acids is 1. The van der Waals surface area contributed by atoms with Gasteiger partial charge in [-0.3, -0.25) is 4.79 Å². The summed E-state index contributed by atoms with van der Waals surface area (Å²) in [4.78, 5) is 24.8. The van der Waals surface area contributed by atoms with Gasteiger partial charge in [0, 0.05) is 30.0 Å². The molecular weight excluding hydrogens is 346 g/mol. The molecule has 1 saturated heterocycles. The van der Waals surface area contributed by atoms with Crippen molar-refractivity contribution in [3.05, 3.63) is 45.0 Å². The van der Waals surface area contributed by atoms with Gasteiger partial charge < -0.3 is 18.9 Å². The molecule has 3 heterocycles. The number of hydrogen-bond donors (Lipinski definition) is 1. The van der Waals surface area contributed by atoms with E-state index in [1.165, 1.54) is 0 Å². The molecule has 1 unspecified atom stereocenters. The molecule has 1 aliphatic rings. The number of aryl methyl sites for hydroxylation is 3. The largest absolute Gasteiger partial charge is 0.461 e. The fraction of sp³-hybridized carbons (Fsp3) is 0.429. The van der Waals surface area contributed by atoms with Gasteiger partial charge in [0.25, 0.3) is 0 Å². The molecule has 0 spiro atoms. The third kappa shape index (κ3) is 3.25. The first-order chi connectivity index (χ1) is 12.9. The van der Waals surface area contributed by atoms with Gasteiger partial charge in [0.1, 0.15) is 16.9 Å². The first kappa shape index (κ1) is 17.8. The number of nitrogens with one attached hydrogen (secondary N) is 1. The van der Waals surface area contributed by atoms with Gasteiger partial charge in [0.05, 0.1) is 18.1 Å². The van der Waals surface area contributed by atoms with Crippen LogP contribution in [0.1, 0.15) is 35.3 Å². The Hall–Kier alpha value is -2.60. The molecule has 142 valence electrons. The number of hydrogen-bond acceptors (Lipinski definition) is 5. The molecular formula is C21H23NO5. The summed E-state index contributed by atoms with van der Waals surface area (Å²) in [6.45, 7) is 6.99. The standard InChI is InChI=1S/C21H23NO5/c1-11-13(3)26-18-9-19-16(7-15(11)18)12(2)17(21(24)27-19)8-20(23)22-10-14-5-4-6-25-14/h7,9,14H,4-6,8,10H2,1-3H3,(H,22,23). The molecule has 6 heteroatoms. The lowest BCUT2D eigenvalue weighted by Gasteiger charge is -2.12. The van der Waals surface area contributed by atoms with Gasteiger partial charge in [-0.2, -0.15) is 0 Å². The molecule has 0 aliphatic carbocycles. The van der Waals surface area contributed by atoms with Crippen LogP contribution >= 0.6 is 0 Å². The van der Waals surface area contributed by atoms with Gasteiger partial charge in [-0.25, -0.2) is 4.79 Å². The zero-order chi connectivity index (χ0) is 19.1. The molecule has 0 radical (unpaired) electrons. The summed E-state index contributed by atoms with van der Waals surface area (Å²) in [5.74, 6) is 0.644. The number of carbonyl (C=O) groups is 1. The lowest BCUT2D eigenvalue weighted by molar-refractivity contribution is -0.121. The molecule has 1 N–H and O–H groups in total. The summed E-state index contributed by atoms with van der Waals surface area (Å²) >= 11 is 0. The van der Waals surface area contributed by atoms with Crippen LogP contribution in [0.25, 0.3) is 21.9 Å². The second kappa shape index (κ2) is 6.85. The van der Waals surface area contributed by atoms with Gasteiger partial charge >= 0.3 is 5.63 Å². The highest BCUT2D eigenvalue weighted by Gasteiger charge is 2.19. The highest BCUT2D eigenvalue weighted by molar-refractivity contribution is 5.97. The van der Waals surface area contributed by atoms with Crippen LogP contribution in [0.5, 0.6) is 0 Å². The van der Waals surface area contributed by atoms with E-state index in [0.717, 1.165) is 47.1 Å². The number of furan rings is 1. The third-order valence-electron chi connectivity index (χ3n) is 5.47. The number of fused-ring (bicyclic) bond motifs is 2. The van der Waals surface area contributed by atoms with Crippen molar-refractivity contribution in [3.63, 3.8) is 0 Å². The second-order valence-corrected chi connectivity index (χ2v) is 7.24. The van der Waals surface area contributed by atoms with E-state index in [1.807, 2.05) is 26.8 Å². The zero-order valence-corrected chi connectivity index (χ0v) is 15.8. The van der Waals surface area contributed by atoms with E-state index >= 15 is 0 Å². The molecule has 0 bridgehead atoms. The monoisotopic (exact) mass is 369 g/mol. The van der Waals surface area contributed by atoms with Crippen LogP contribution in [-0.2, 0) is 16.0 Å². The minimum absolute atomic E-state index is 0.00173. The van der Waals surface area contributed by atoms with E-state index in [1.54, 1.807) is 6.07 Å². The van der Waals surface area contributed by atoms with Crippen molar-refractivity contribution in [2.24, 2.45) is 0 Å². The van der Waals surface area contributed by atoms with Gasteiger partial charge in [0.15, 0.2) is 0 Å². The number of amides is 1. The molecule has 3 aromatic rings. The maximum atomic E-state index is 12.5. The average molecular weight is 369 g/mol. The van der Waals surface area contributed by atoms with Gasteiger partial charge in [0.2, 0.25) is 5.91 Å². The summed E-state index contributed by atoms with van der Waals surface area (Å²) in [6, 6.07) is 3.73. The number of ether oxygens (including phenoxy) is 1. The van der Waals surface area contributed by atoms with Crippen LogP contribution in [0.4, 0.5) is 0 Å². The third-order valence-corrected chi connectivity index (χ3v) is 5.47. The normalized spacial score (nSPS) is 17.1. The SMILES string of the molecule is Cc1oc2cc3oc(=O)c(CC(=O)NCC4CCCO4)c(C)c3cc2c1C. The fourth-order valence-electron chi connectivity index (χ4n) is 3.69. The minimum atomic E-state index is -0.480. The van der Waals surface area contributed by atoms with Crippen LogP contribution < -0.4 is 10.9 Å². The summed E-state index contributed by atoms with van der Waals surface area (Å²) in [7, 11) is 0. The molecule has 1 atom stereocenters. The summed E-state index contributed by atoms with van der Waals surface area (Å²) in [6.07, 6.45) is 2.05. The highest BCUT2D eigenvalue weighted by atomic mass is 16.5. The van der Waals surface area contributed by atoms with Crippen molar-refractivity contribution >= 4 is 27.8 Å². The van der Waals surface area contributed by atoms with Crippen molar-refractivity contribution in [1.82, 2.24) is 5.32 Å². The molecule has 1 aromatic carbocycles. The van der Waals surface area contributed by atoms with Crippen molar-refractivity contribution in [1.29, 1.82) is 0 Å². The summed E-state index contributed by atoms with van der Waals surface area (Å²) in [5, 5.41) is 4.68. The molecule has 27 heavy (non-hydrogen) atoms. The minimum Gasteiger partial charge on any atom is -0.461 e. The Bertz CT molecular complexity index is 1090. The van der Waals surface area contributed by atoms with E-state index in [4.69, 9.17) is 13.6 Å². The predicted octanol–water partition coefficient (Wildman–Crippen LogP) is 3.30. The lowest BCUT2D eigenvalue weighted by atomic mass is 10.0. The lowest BCUT2D eigenvalue weighted by Crippen LogP contribution is -2.34. The van der Waals surface area contributed by atoms with Crippen LogP contribution in [0.3, 0.4) is 0 Å². The second-order valence-electron chi connectivity index (χ2n) is 7.24. The molecule has 1 amide bonds. The molecule has 0 saturated carbocycles. The molecule has 1 fully saturated rings. The number of rotatable bonds is 4. The number of benzene rings is 1. The van der Waals surface area contributed by atoms with Crippen LogP contribution in [0.2, 0.25) is 0 Å². The predicted molar refractivity (Wildman–Crippen MR) is 102 cm³/mol. The van der Waals surface area contributed by atoms with Crippen molar-refractivity contribution in [2.45, 2.75) is 46.1 Å². The van der Waals surface area contributed by atoms with Crippen LogP contribution in [0, 0.1) is 20.8 Å². The smallest absolute Gasteiger partial charge is 0.340 e. The van der Waals surface area contributed by atoms with Crippen molar-refractivity contribution in [2.75, 3.05) is 13.2 Å². The maximum Gasteiger partial charge on any atom is 0.340 e. The Balaban J connectivity index is 1.65. The summed E-state index contributed by atoms with van der Waals surface area (Å²) in [5.41, 5.74) is 2.92. The van der Waals surface area contributed by atoms with E-state index in [-0.39, 0.29) is 18.4 Å².